The Morgan fingerprint density at radius 2 is 1.46 bits per heavy atom. The molecule has 28 heavy (non-hydrogen) atoms. The van der Waals surface area contributed by atoms with E-state index in [1.54, 1.807) is 31.4 Å². The van der Waals surface area contributed by atoms with E-state index in [-0.39, 0.29) is 11.8 Å². The number of ether oxygens (including phenoxy) is 2. The summed E-state index contributed by atoms with van der Waals surface area (Å²) in [5.74, 6) is 1.58. The van der Waals surface area contributed by atoms with Crippen molar-refractivity contribution in [1.82, 2.24) is 10.6 Å². The average molecular weight is 384 g/mol. The zero-order valence-electron chi connectivity index (χ0n) is 16.7. The molecule has 0 radical (unpaired) electrons. The first kappa shape index (κ1) is 21.3. The molecule has 2 N–H and O–H groups in total. The van der Waals surface area contributed by atoms with E-state index in [0.717, 1.165) is 12.2 Å². The van der Waals surface area contributed by atoms with Gasteiger partial charge in [0.2, 0.25) is 0 Å². The minimum absolute atomic E-state index is 0.168. The lowest BCUT2D eigenvalue weighted by Gasteiger charge is -2.10. The van der Waals surface area contributed by atoms with Crippen LogP contribution in [0.15, 0.2) is 48.5 Å². The van der Waals surface area contributed by atoms with Crippen LogP contribution < -0.4 is 20.1 Å². The van der Waals surface area contributed by atoms with Gasteiger partial charge >= 0.3 is 0 Å². The highest BCUT2D eigenvalue weighted by molar-refractivity contribution is 5.99. The van der Waals surface area contributed by atoms with Gasteiger partial charge in [-0.15, -0.1) is 0 Å². The van der Waals surface area contributed by atoms with Crippen molar-refractivity contribution in [2.24, 2.45) is 5.92 Å². The quantitative estimate of drug-likeness (QED) is 0.617. The number of hydrogen-bond donors (Lipinski definition) is 2. The second kappa shape index (κ2) is 11.0. The van der Waals surface area contributed by atoms with Gasteiger partial charge in [0, 0.05) is 17.7 Å². The summed E-state index contributed by atoms with van der Waals surface area (Å²) < 4.78 is 10.7. The Balaban J connectivity index is 1.79. The fourth-order valence-corrected chi connectivity index (χ4v) is 2.49. The Morgan fingerprint density at radius 1 is 0.893 bits per heavy atom. The summed E-state index contributed by atoms with van der Waals surface area (Å²) in [7, 11) is 1.61. The van der Waals surface area contributed by atoms with Crippen molar-refractivity contribution < 1.29 is 19.1 Å². The SMILES string of the molecule is COc1ccc(OCCNC(=O)c2cccc(C(=O)NCCC(C)C)c2)cc1. The molecule has 2 rings (SSSR count). The Labute approximate surface area is 166 Å². The van der Waals surface area contributed by atoms with Gasteiger partial charge in [0.15, 0.2) is 0 Å². The summed E-state index contributed by atoms with van der Waals surface area (Å²) >= 11 is 0. The van der Waals surface area contributed by atoms with E-state index in [0.29, 0.717) is 42.5 Å². The van der Waals surface area contributed by atoms with Gasteiger partial charge in [0.1, 0.15) is 18.1 Å². The molecule has 0 spiro atoms. The van der Waals surface area contributed by atoms with E-state index in [1.165, 1.54) is 0 Å². The number of nitrogens with one attached hydrogen (secondary N) is 2. The number of benzene rings is 2. The van der Waals surface area contributed by atoms with Crippen LogP contribution in [0.5, 0.6) is 11.5 Å². The first-order chi connectivity index (χ1) is 13.5. The topological polar surface area (TPSA) is 76.7 Å². The van der Waals surface area contributed by atoms with Crippen LogP contribution >= 0.6 is 0 Å². The van der Waals surface area contributed by atoms with Crippen LogP contribution in [0.3, 0.4) is 0 Å². The van der Waals surface area contributed by atoms with Gasteiger partial charge in [-0.05, 0) is 54.8 Å². The summed E-state index contributed by atoms with van der Waals surface area (Å²) in [6, 6.07) is 13.9. The molecule has 0 aliphatic heterocycles. The number of methoxy groups -OCH3 is 1. The molecule has 0 saturated heterocycles. The van der Waals surface area contributed by atoms with E-state index in [2.05, 4.69) is 24.5 Å². The summed E-state index contributed by atoms with van der Waals surface area (Å²) in [6.45, 7) is 5.53. The zero-order valence-corrected chi connectivity index (χ0v) is 16.7. The molecule has 6 nitrogen and oxygen atoms in total. The van der Waals surface area contributed by atoms with Crippen molar-refractivity contribution in [3.05, 3.63) is 59.7 Å². The number of carbonyl (C=O) groups excluding carboxylic acids is 2. The normalized spacial score (nSPS) is 10.4. The molecule has 0 aliphatic rings. The molecule has 0 fully saturated rings. The molecule has 0 bridgehead atoms. The van der Waals surface area contributed by atoms with E-state index < -0.39 is 0 Å². The van der Waals surface area contributed by atoms with E-state index in [9.17, 15) is 9.59 Å². The van der Waals surface area contributed by atoms with E-state index in [1.807, 2.05) is 24.3 Å². The van der Waals surface area contributed by atoms with Crippen molar-refractivity contribution in [3.8, 4) is 11.5 Å². The highest BCUT2D eigenvalue weighted by Crippen LogP contribution is 2.16. The molecule has 0 atom stereocenters. The van der Waals surface area contributed by atoms with Crippen LogP contribution in [0.2, 0.25) is 0 Å². The maximum absolute atomic E-state index is 12.3. The minimum Gasteiger partial charge on any atom is -0.497 e. The summed E-state index contributed by atoms with van der Waals surface area (Å²) in [4.78, 5) is 24.5. The molecule has 6 heteroatoms. The standard InChI is InChI=1S/C22H28N2O4/c1-16(2)11-12-23-21(25)17-5-4-6-18(15-17)22(26)24-13-14-28-20-9-7-19(27-3)8-10-20/h4-10,15-16H,11-14H2,1-3H3,(H,23,25)(H,24,26). The van der Waals surface area contributed by atoms with E-state index >= 15 is 0 Å². The fraction of sp³-hybridized carbons (Fsp3) is 0.364. The van der Waals surface area contributed by atoms with Gasteiger partial charge < -0.3 is 20.1 Å². The average Bonchev–Trinajstić information content (AvgIpc) is 2.71. The van der Waals surface area contributed by atoms with Gasteiger partial charge in [-0.25, -0.2) is 0 Å². The van der Waals surface area contributed by atoms with Crippen LogP contribution in [-0.2, 0) is 0 Å². The summed E-state index contributed by atoms with van der Waals surface area (Å²) in [6.07, 6.45) is 0.917. The molecular weight excluding hydrogens is 356 g/mol. The lowest BCUT2D eigenvalue weighted by atomic mass is 10.1. The monoisotopic (exact) mass is 384 g/mol. The van der Waals surface area contributed by atoms with Crippen molar-refractivity contribution in [2.45, 2.75) is 20.3 Å². The van der Waals surface area contributed by atoms with Crippen LogP contribution in [0, 0.1) is 5.92 Å². The molecule has 2 aromatic rings. The predicted octanol–water partition coefficient (Wildman–Crippen LogP) is 3.28. The Morgan fingerprint density at radius 3 is 2.04 bits per heavy atom. The van der Waals surface area contributed by atoms with Crippen LogP contribution in [0.1, 0.15) is 41.0 Å². The van der Waals surface area contributed by atoms with Crippen LogP contribution in [-0.4, -0.2) is 38.6 Å². The Bertz CT molecular complexity index is 772. The number of rotatable bonds is 10. The largest absolute Gasteiger partial charge is 0.497 e. The lowest BCUT2D eigenvalue weighted by molar-refractivity contribution is 0.0947. The van der Waals surface area contributed by atoms with Gasteiger partial charge in [-0.2, -0.15) is 0 Å². The molecule has 0 unspecified atom stereocenters. The second-order valence-corrected chi connectivity index (χ2v) is 6.80. The third-order valence-corrected chi connectivity index (χ3v) is 4.11. The predicted molar refractivity (Wildman–Crippen MR) is 109 cm³/mol. The van der Waals surface area contributed by atoms with Gasteiger partial charge in [-0.3, -0.25) is 9.59 Å². The molecule has 0 heterocycles. The maximum atomic E-state index is 12.3. The molecule has 2 aromatic carbocycles. The van der Waals surface area contributed by atoms with Crippen molar-refractivity contribution in [3.63, 3.8) is 0 Å². The van der Waals surface area contributed by atoms with Crippen molar-refractivity contribution in [2.75, 3.05) is 26.8 Å². The maximum Gasteiger partial charge on any atom is 0.251 e. The number of amides is 2. The highest BCUT2D eigenvalue weighted by atomic mass is 16.5. The summed E-state index contributed by atoms with van der Waals surface area (Å²) in [5, 5.41) is 5.67. The molecule has 0 aliphatic carbocycles. The molecular formula is C22H28N2O4. The van der Waals surface area contributed by atoms with Gasteiger partial charge in [-0.1, -0.05) is 19.9 Å². The lowest BCUT2D eigenvalue weighted by Crippen LogP contribution is -2.29. The number of hydrogen-bond acceptors (Lipinski definition) is 4. The van der Waals surface area contributed by atoms with E-state index in [4.69, 9.17) is 9.47 Å². The van der Waals surface area contributed by atoms with Crippen LogP contribution in [0.25, 0.3) is 0 Å². The zero-order chi connectivity index (χ0) is 20.4. The highest BCUT2D eigenvalue weighted by Gasteiger charge is 2.10. The fourth-order valence-electron chi connectivity index (χ4n) is 2.49. The Hall–Kier alpha value is -3.02. The van der Waals surface area contributed by atoms with Crippen molar-refractivity contribution in [1.29, 1.82) is 0 Å². The third kappa shape index (κ3) is 6.95. The Kier molecular flexibility index (Phi) is 8.34. The molecule has 150 valence electrons. The minimum atomic E-state index is -0.241. The second-order valence-electron chi connectivity index (χ2n) is 6.80. The molecule has 2 amide bonds. The summed E-state index contributed by atoms with van der Waals surface area (Å²) in [5.41, 5.74) is 0.923. The number of carbonyl (C=O) groups is 2. The molecule has 0 saturated carbocycles. The van der Waals surface area contributed by atoms with Crippen LogP contribution in [0.4, 0.5) is 0 Å². The molecule has 0 aromatic heterocycles. The first-order valence-electron chi connectivity index (χ1n) is 9.43. The first-order valence-corrected chi connectivity index (χ1v) is 9.43. The smallest absolute Gasteiger partial charge is 0.251 e. The third-order valence-electron chi connectivity index (χ3n) is 4.11. The van der Waals surface area contributed by atoms with Gasteiger partial charge in [0.25, 0.3) is 11.8 Å². The van der Waals surface area contributed by atoms with Gasteiger partial charge in [0.05, 0.1) is 13.7 Å². The van der Waals surface area contributed by atoms with Crippen molar-refractivity contribution >= 4 is 11.8 Å².